The van der Waals surface area contributed by atoms with E-state index in [1.54, 1.807) is 30.7 Å². The van der Waals surface area contributed by atoms with Crippen LogP contribution < -0.4 is 26.3 Å². The summed E-state index contributed by atoms with van der Waals surface area (Å²) in [5.74, 6) is 0.602. The SMILES string of the molecule is COc1cc(C(=O)NC[C@H](c2cc3c(c(-c4c(C)cncc4C)n2)OC[C@]3(C)C(N)=O)C2CC2)cc(C=NC2CC2)c1N. The van der Waals surface area contributed by atoms with E-state index in [1.165, 1.54) is 7.11 Å². The summed E-state index contributed by atoms with van der Waals surface area (Å²) in [6.45, 7) is 6.31. The number of methoxy groups -OCH3 is 1. The average molecular weight is 583 g/mol. The molecule has 2 aromatic heterocycles. The molecule has 0 bridgehead atoms. The molecular weight excluding hydrogens is 544 g/mol. The van der Waals surface area contributed by atoms with Crippen LogP contribution in [0.3, 0.4) is 0 Å². The summed E-state index contributed by atoms with van der Waals surface area (Å²) in [5.41, 5.74) is 17.8. The quantitative estimate of drug-likeness (QED) is 0.241. The number of carbonyl (C=O) groups excluding carboxylic acids is 2. The van der Waals surface area contributed by atoms with Crippen LogP contribution in [0.25, 0.3) is 11.3 Å². The molecule has 2 amide bonds. The zero-order valence-electron chi connectivity index (χ0n) is 25.1. The van der Waals surface area contributed by atoms with Gasteiger partial charge in [-0.25, -0.2) is 4.98 Å². The Bertz CT molecular complexity index is 1620. The third-order valence-electron chi connectivity index (χ3n) is 8.88. The summed E-state index contributed by atoms with van der Waals surface area (Å²) in [5, 5.41) is 3.13. The Morgan fingerprint density at radius 3 is 2.53 bits per heavy atom. The number of primary amides is 1. The van der Waals surface area contributed by atoms with Gasteiger partial charge in [-0.1, -0.05) is 0 Å². The molecule has 6 rings (SSSR count). The number of aryl methyl sites for hydroxylation is 2. The lowest BCUT2D eigenvalue weighted by Crippen LogP contribution is -2.40. The molecule has 10 nitrogen and oxygen atoms in total. The summed E-state index contributed by atoms with van der Waals surface area (Å²) >= 11 is 0. The molecule has 5 N–H and O–H groups in total. The van der Waals surface area contributed by atoms with Crippen molar-refractivity contribution in [3.8, 4) is 22.8 Å². The normalized spacial score (nSPS) is 20.0. The smallest absolute Gasteiger partial charge is 0.251 e. The maximum atomic E-state index is 13.5. The van der Waals surface area contributed by atoms with Crippen molar-refractivity contribution >= 4 is 23.7 Å². The highest BCUT2D eigenvalue weighted by Gasteiger charge is 2.45. The van der Waals surface area contributed by atoms with Gasteiger partial charge in [0.25, 0.3) is 5.91 Å². The van der Waals surface area contributed by atoms with Crippen LogP contribution in [0.15, 0.2) is 35.6 Å². The Morgan fingerprint density at radius 1 is 1.19 bits per heavy atom. The fourth-order valence-electron chi connectivity index (χ4n) is 5.82. The van der Waals surface area contributed by atoms with Crippen molar-refractivity contribution in [2.45, 2.75) is 63.8 Å². The number of anilines is 1. The summed E-state index contributed by atoms with van der Waals surface area (Å²) in [4.78, 5) is 40.2. The van der Waals surface area contributed by atoms with E-state index in [4.69, 9.17) is 25.9 Å². The minimum atomic E-state index is -0.993. The maximum absolute atomic E-state index is 13.5. The molecular formula is C33H38N6O4. The van der Waals surface area contributed by atoms with Gasteiger partial charge in [-0.05, 0) is 81.7 Å². The van der Waals surface area contributed by atoms with Crippen molar-refractivity contribution in [3.05, 3.63) is 64.1 Å². The fourth-order valence-corrected chi connectivity index (χ4v) is 5.82. The van der Waals surface area contributed by atoms with Crippen LogP contribution in [0, 0.1) is 19.8 Å². The first-order chi connectivity index (χ1) is 20.6. The lowest BCUT2D eigenvalue weighted by Gasteiger charge is -2.23. The molecule has 10 heteroatoms. The summed E-state index contributed by atoms with van der Waals surface area (Å²) in [7, 11) is 1.53. The van der Waals surface area contributed by atoms with E-state index in [0.29, 0.717) is 52.5 Å². The van der Waals surface area contributed by atoms with E-state index in [2.05, 4.69) is 15.3 Å². The van der Waals surface area contributed by atoms with Crippen LogP contribution in [0.5, 0.6) is 11.5 Å². The molecule has 3 aliphatic rings. The zero-order chi connectivity index (χ0) is 30.5. The monoisotopic (exact) mass is 582 g/mol. The number of aliphatic imine (C=N–C) groups is 1. The molecule has 0 spiro atoms. The number of benzene rings is 1. The Morgan fingerprint density at radius 2 is 1.91 bits per heavy atom. The predicted octanol–water partition coefficient (Wildman–Crippen LogP) is 3.99. The zero-order valence-corrected chi connectivity index (χ0v) is 25.1. The van der Waals surface area contributed by atoms with Crippen molar-refractivity contribution < 1.29 is 19.1 Å². The second-order valence-electron chi connectivity index (χ2n) is 12.3. The van der Waals surface area contributed by atoms with Crippen LogP contribution in [0.4, 0.5) is 5.69 Å². The van der Waals surface area contributed by atoms with E-state index in [0.717, 1.165) is 53.6 Å². The highest BCUT2D eigenvalue weighted by Crippen LogP contribution is 2.49. The van der Waals surface area contributed by atoms with E-state index in [-0.39, 0.29) is 18.4 Å². The van der Waals surface area contributed by atoms with Crippen molar-refractivity contribution in [1.29, 1.82) is 0 Å². The number of rotatable bonds is 10. The first kappa shape index (κ1) is 28.6. The molecule has 2 saturated carbocycles. The van der Waals surface area contributed by atoms with E-state index in [9.17, 15) is 9.59 Å². The van der Waals surface area contributed by atoms with Gasteiger partial charge >= 0.3 is 0 Å². The highest BCUT2D eigenvalue weighted by molar-refractivity contribution is 5.99. The molecule has 3 aromatic rings. The fraction of sp³-hybridized carbons (Fsp3) is 0.424. The topological polar surface area (TPSA) is 155 Å². The molecule has 1 aliphatic heterocycles. The molecule has 2 fully saturated rings. The number of nitrogens with two attached hydrogens (primary N) is 2. The first-order valence-electron chi connectivity index (χ1n) is 14.8. The van der Waals surface area contributed by atoms with E-state index >= 15 is 0 Å². The lowest BCUT2D eigenvalue weighted by molar-refractivity contribution is -0.123. The Hall–Kier alpha value is -4.47. The third kappa shape index (κ3) is 5.42. The Labute approximate surface area is 251 Å². The minimum absolute atomic E-state index is 0.0697. The number of nitrogen functional groups attached to an aromatic ring is 1. The van der Waals surface area contributed by atoms with Crippen LogP contribution in [0.1, 0.15) is 76.8 Å². The molecule has 0 radical (unpaired) electrons. The van der Waals surface area contributed by atoms with Gasteiger partial charge < -0.3 is 26.3 Å². The molecule has 3 heterocycles. The number of nitrogens with zero attached hydrogens (tertiary/aromatic N) is 3. The van der Waals surface area contributed by atoms with Gasteiger partial charge in [0.1, 0.15) is 29.2 Å². The highest BCUT2D eigenvalue weighted by atomic mass is 16.5. The number of carbonyl (C=O) groups is 2. The summed E-state index contributed by atoms with van der Waals surface area (Å²) < 4.78 is 11.6. The number of aromatic nitrogens is 2. The van der Waals surface area contributed by atoms with Crippen LogP contribution in [0.2, 0.25) is 0 Å². The van der Waals surface area contributed by atoms with Gasteiger partial charge in [0.05, 0.1) is 18.8 Å². The predicted molar refractivity (Wildman–Crippen MR) is 165 cm³/mol. The number of hydrogen-bond donors (Lipinski definition) is 3. The molecule has 43 heavy (non-hydrogen) atoms. The third-order valence-corrected chi connectivity index (χ3v) is 8.88. The summed E-state index contributed by atoms with van der Waals surface area (Å²) in [6, 6.07) is 5.69. The second kappa shape index (κ2) is 11.0. The number of pyridine rings is 2. The van der Waals surface area contributed by atoms with Gasteiger partial charge in [-0.3, -0.25) is 19.6 Å². The summed E-state index contributed by atoms with van der Waals surface area (Å²) in [6.07, 6.45) is 9.53. The van der Waals surface area contributed by atoms with Gasteiger partial charge in [0.2, 0.25) is 5.91 Å². The minimum Gasteiger partial charge on any atom is -0.495 e. The molecule has 0 unspecified atom stereocenters. The van der Waals surface area contributed by atoms with Crippen LogP contribution in [-0.4, -0.2) is 54.3 Å². The van der Waals surface area contributed by atoms with Gasteiger partial charge in [-0.2, -0.15) is 0 Å². The Balaban J connectivity index is 1.35. The van der Waals surface area contributed by atoms with Gasteiger partial charge in [-0.15, -0.1) is 0 Å². The lowest BCUT2D eigenvalue weighted by atomic mass is 9.81. The Kier molecular flexibility index (Phi) is 7.31. The number of amides is 2. The largest absolute Gasteiger partial charge is 0.495 e. The van der Waals surface area contributed by atoms with Gasteiger partial charge in [0.15, 0.2) is 0 Å². The van der Waals surface area contributed by atoms with Gasteiger partial charge in [0, 0.05) is 59.0 Å². The maximum Gasteiger partial charge on any atom is 0.251 e. The van der Waals surface area contributed by atoms with Crippen molar-refractivity contribution in [2.24, 2.45) is 16.6 Å². The number of hydrogen-bond acceptors (Lipinski definition) is 8. The van der Waals surface area contributed by atoms with E-state index < -0.39 is 11.3 Å². The number of ether oxygens (including phenoxy) is 2. The molecule has 0 saturated heterocycles. The van der Waals surface area contributed by atoms with Crippen molar-refractivity contribution in [3.63, 3.8) is 0 Å². The van der Waals surface area contributed by atoms with Crippen LogP contribution in [-0.2, 0) is 10.2 Å². The number of fused-ring (bicyclic) bond motifs is 1. The second-order valence-corrected chi connectivity index (χ2v) is 12.3. The first-order valence-corrected chi connectivity index (χ1v) is 14.8. The standard InChI is InChI=1S/C33H38N6O4/c1-17-12-36-13-18(2)27(17)29-30-24(33(3,16-43-30)32(35)41)11-25(39-29)23(19-5-6-19)15-38-31(40)20-9-21(14-37-22-7-8-22)28(34)26(10-20)42-4/h9-14,19,22-23H,5-8,15-16,34H2,1-4H3,(H2,35,41)(H,38,40)/t23-,33-/m0/s1. The average Bonchev–Trinajstić information content (AvgIpc) is 3.92. The molecule has 2 aliphatic carbocycles. The van der Waals surface area contributed by atoms with Crippen LogP contribution >= 0.6 is 0 Å². The van der Waals surface area contributed by atoms with E-state index in [1.807, 2.05) is 26.8 Å². The molecule has 224 valence electrons. The van der Waals surface area contributed by atoms with Crippen molar-refractivity contribution in [2.75, 3.05) is 26.0 Å². The molecule has 1 aromatic carbocycles. The molecule has 2 atom stereocenters. The number of nitrogens with one attached hydrogen (secondary N) is 1. The van der Waals surface area contributed by atoms with Crippen molar-refractivity contribution in [1.82, 2.24) is 15.3 Å².